The van der Waals surface area contributed by atoms with E-state index in [-0.39, 0.29) is 6.73 Å². The summed E-state index contributed by atoms with van der Waals surface area (Å²) in [4.78, 5) is 3.49. The Labute approximate surface area is 37.5 Å². The van der Waals surface area contributed by atoms with E-state index in [1.807, 2.05) is 0 Å². The van der Waals surface area contributed by atoms with Crippen molar-refractivity contribution in [2.24, 2.45) is 4.99 Å². The molecule has 0 rings (SSSR count). The maximum absolute atomic E-state index is 9.55. The minimum absolute atomic E-state index is 0.331. The van der Waals surface area contributed by atoms with Crippen molar-refractivity contribution in [1.82, 2.24) is 0 Å². The van der Waals surface area contributed by atoms with E-state index in [0.717, 1.165) is 5.71 Å². The topological polar surface area (TPSA) is 35.4 Å². The second kappa shape index (κ2) is 2.85. The van der Waals surface area contributed by atoms with Gasteiger partial charge in [-0.15, -0.1) is 0 Å². The Hall–Kier alpha value is -0.370. The summed E-state index contributed by atoms with van der Waals surface area (Å²) in [6.07, 6.45) is 0. The summed E-state index contributed by atoms with van der Waals surface area (Å²) in [7, 11) is 0. The molecule has 0 radical (unpaired) electrons. The van der Waals surface area contributed by atoms with Gasteiger partial charge < -0.3 is 10.1 Å². The Bertz CT molecular complexity index is 54.6. The summed E-state index contributed by atoms with van der Waals surface area (Å²) in [5, 5.41) is 9.55. The van der Waals surface area contributed by atoms with Crippen molar-refractivity contribution in [1.29, 1.82) is 0 Å². The maximum atomic E-state index is 9.55. The molecular weight excluding hydrogens is 78.0 g/mol. The van der Waals surface area contributed by atoms with Crippen molar-refractivity contribution < 1.29 is 5.11 Å². The van der Waals surface area contributed by atoms with Gasteiger partial charge in [-0.3, -0.25) is 0 Å². The lowest BCUT2D eigenvalue weighted by Crippen LogP contribution is -2.02. The maximum Gasteiger partial charge on any atom is 0.00450 e. The van der Waals surface area contributed by atoms with Gasteiger partial charge in [0, 0.05) is 5.71 Å². The molecule has 0 atom stereocenters. The van der Waals surface area contributed by atoms with E-state index in [4.69, 9.17) is 0 Å². The smallest absolute Gasteiger partial charge is 0.00450 e. The zero-order valence-corrected chi connectivity index (χ0v) is 4.06. The third-order valence-corrected chi connectivity index (χ3v) is 0.381. The molecule has 2 heteroatoms. The van der Waals surface area contributed by atoms with Crippen LogP contribution >= 0.6 is 0 Å². The second-order valence-corrected chi connectivity index (χ2v) is 1.23. The first kappa shape index (κ1) is 5.63. The van der Waals surface area contributed by atoms with Gasteiger partial charge in [-0.25, -0.2) is 0 Å². The number of nitrogens with zero attached hydrogens (tertiary/aromatic N) is 1. The molecule has 0 spiro atoms. The lowest BCUT2D eigenvalue weighted by Gasteiger charge is -1.92. The van der Waals surface area contributed by atoms with Gasteiger partial charge in [0.05, 0.1) is 0 Å². The molecule has 0 fully saturated rings. The van der Waals surface area contributed by atoms with E-state index >= 15 is 0 Å². The molecule has 0 aromatic rings. The zero-order chi connectivity index (χ0) is 4.99. The Morgan fingerprint density at radius 2 is 2.17 bits per heavy atom. The van der Waals surface area contributed by atoms with Gasteiger partial charge in [0.2, 0.25) is 0 Å². The quantitative estimate of drug-likeness (QED) is 0.406. The molecule has 0 bridgehead atoms. The molecule has 0 N–H and O–H groups in total. The first-order valence-corrected chi connectivity index (χ1v) is 1.83. The van der Waals surface area contributed by atoms with Crippen LogP contribution in [0.25, 0.3) is 0 Å². The van der Waals surface area contributed by atoms with Crippen molar-refractivity contribution in [2.75, 3.05) is 6.73 Å². The van der Waals surface area contributed by atoms with Crippen LogP contribution in [0.5, 0.6) is 0 Å². The van der Waals surface area contributed by atoms with Crippen LogP contribution in [-0.2, 0) is 0 Å². The van der Waals surface area contributed by atoms with Gasteiger partial charge in [-0.1, -0.05) is 0 Å². The molecule has 0 aliphatic heterocycles. The molecule has 36 valence electrons. The second-order valence-electron chi connectivity index (χ2n) is 1.23. The largest absolute Gasteiger partial charge is 0.837 e. The van der Waals surface area contributed by atoms with Gasteiger partial charge in [-0.05, 0) is 20.6 Å². The summed E-state index contributed by atoms with van der Waals surface area (Å²) in [6.45, 7) is 3.28. The van der Waals surface area contributed by atoms with Crippen LogP contribution < -0.4 is 5.11 Å². The molecular formula is C4H8NO-. The normalized spacial score (nSPS) is 7.83. The molecule has 0 aliphatic carbocycles. The predicted octanol–water partition coefficient (Wildman–Crippen LogP) is -0.215. The minimum Gasteiger partial charge on any atom is -0.837 e. The first-order chi connectivity index (χ1) is 2.77. The van der Waals surface area contributed by atoms with Gasteiger partial charge >= 0.3 is 0 Å². The molecule has 0 saturated heterocycles. The minimum atomic E-state index is -0.331. The number of aliphatic imine (C=N–C) groups is 1. The van der Waals surface area contributed by atoms with Gasteiger partial charge in [0.15, 0.2) is 0 Å². The zero-order valence-electron chi connectivity index (χ0n) is 4.06. The van der Waals surface area contributed by atoms with E-state index in [0.29, 0.717) is 0 Å². The summed E-state index contributed by atoms with van der Waals surface area (Å²) < 4.78 is 0. The van der Waals surface area contributed by atoms with E-state index in [1.165, 1.54) is 0 Å². The van der Waals surface area contributed by atoms with Crippen molar-refractivity contribution in [3.05, 3.63) is 0 Å². The Balaban J connectivity index is 3.14. The highest BCUT2D eigenvalue weighted by Gasteiger charge is 1.64. The SMILES string of the molecule is CC(C)=NC[O-]. The molecule has 6 heavy (non-hydrogen) atoms. The fraction of sp³-hybridized carbons (Fsp3) is 0.750. The monoisotopic (exact) mass is 86.1 g/mol. The number of hydrogen-bond acceptors (Lipinski definition) is 2. The summed E-state index contributed by atoms with van der Waals surface area (Å²) in [5.41, 5.74) is 0.852. The van der Waals surface area contributed by atoms with Crippen molar-refractivity contribution in [2.45, 2.75) is 13.8 Å². The van der Waals surface area contributed by atoms with Gasteiger partial charge in [0.25, 0.3) is 0 Å². The summed E-state index contributed by atoms with van der Waals surface area (Å²) in [5.74, 6) is 0. The summed E-state index contributed by atoms with van der Waals surface area (Å²) >= 11 is 0. The van der Waals surface area contributed by atoms with Gasteiger partial charge in [-0.2, -0.15) is 0 Å². The average Bonchev–Trinajstić information content (AvgIpc) is 1.35. The third-order valence-electron chi connectivity index (χ3n) is 0.381. The van der Waals surface area contributed by atoms with Crippen LogP contribution in [0.1, 0.15) is 13.8 Å². The summed E-state index contributed by atoms with van der Waals surface area (Å²) in [6, 6.07) is 0. The fourth-order valence-electron chi connectivity index (χ4n) is 0.129. The van der Waals surface area contributed by atoms with E-state index in [1.54, 1.807) is 13.8 Å². The Morgan fingerprint density at radius 1 is 1.67 bits per heavy atom. The molecule has 0 aromatic carbocycles. The van der Waals surface area contributed by atoms with Crippen LogP contribution in [0.4, 0.5) is 0 Å². The molecule has 0 saturated carbocycles. The van der Waals surface area contributed by atoms with E-state index in [2.05, 4.69) is 4.99 Å². The predicted molar refractivity (Wildman–Crippen MR) is 23.6 cm³/mol. The Kier molecular flexibility index (Phi) is 2.67. The highest BCUT2D eigenvalue weighted by molar-refractivity contribution is 5.78. The van der Waals surface area contributed by atoms with Crippen LogP contribution in [0, 0.1) is 0 Å². The van der Waals surface area contributed by atoms with Crippen LogP contribution in [-0.4, -0.2) is 12.4 Å². The number of rotatable bonds is 1. The lowest BCUT2D eigenvalue weighted by atomic mass is 10.5. The molecule has 2 nitrogen and oxygen atoms in total. The highest BCUT2D eigenvalue weighted by Crippen LogP contribution is 1.66. The van der Waals surface area contributed by atoms with Crippen LogP contribution in [0.15, 0.2) is 4.99 Å². The van der Waals surface area contributed by atoms with E-state index in [9.17, 15) is 5.11 Å². The van der Waals surface area contributed by atoms with Crippen LogP contribution in [0.3, 0.4) is 0 Å². The molecule has 0 aliphatic rings. The van der Waals surface area contributed by atoms with Crippen LogP contribution in [0.2, 0.25) is 0 Å². The van der Waals surface area contributed by atoms with Crippen molar-refractivity contribution in [3.63, 3.8) is 0 Å². The Morgan fingerprint density at radius 3 is 2.17 bits per heavy atom. The molecule has 0 aromatic heterocycles. The third kappa shape index (κ3) is 3.63. The van der Waals surface area contributed by atoms with Crippen molar-refractivity contribution in [3.8, 4) is 0 Å². The van der Waals surface area contributed by atoms with Gasteiger partial charge in [0.1, 0.15) is 0 Å². The highest BCUT2D eigenvalue weighted by atomic mass is 16.3. The molecule has 0 amide bonds. The molecule has 0 unspecified atom stereocenters. The average molecular weight is 86.1 g/mol. The number of hydrogen-bond donors (Lipinski definition) is 0. The first-order valence-electron chi connectivity index (χ1n) is 1.83. The lowest BCUT2D eigenvalue weighted by molar-refractivity contribution is -0.364. The molecule has 0 heterocycles. The fourth-order valence-corrected chi connectivity index (χ4v) is 0.129. The van der Waals surface area contributed by atoms with E-state index < -0.39 is 0 Å². The van der Waals surface area contributed by atoms with Crippen molar-refractivity contribution >= 4 is 5.71 Å². The standard InChI is InChI=1S/C4H8NO/c1-4(2)5-3-6/h3H2,1-2H3/q-1.